The second kappa shape index (κ2) is 8.49. The fourth-order valence-corrected chi connectivity index (χ4v) is 4.00. The molecule has 2 aromatic rings. The van der Waals surface area contributed by atoms with E-state index in [1.165, 1.54) is 42.3 Å². The predicted molar refractivity (Wildman–Crippen MR) is 101 cm³/mol. The highest BCUT2D eigenvalue weighted by atomic mass is 32.2. The van der Waals surface area contributed by atoms with E-state index >= 15 is 0 Å². The van der Waals surface area contributed by atoms with E-state index in [2.05, 4.69) is 4.72 Å². The van der Waals surface area contributed by atoms with Crippen LogP contribution in [0, 0.1) is 5.82 Å². The smallest absolute Gasteiger partial charge is 0.253 e. The number of sulfonamides is 1. The van der Waals surface area contributed by atoms with Crippen LogP contribution >= 0.6 is 0 Å². The van der Waals surface area contributed by atoms with E-state index in [1.54, 1.807) is 33.0 Å². The largest absolute Gasteiger partial charge is 0.495 e. The second-order valence-electron chi connectivity index (χ2n) is 6.43. The predicted octanol–water partition coefficient (Wildman–Crippen LogP) is 2.79. The number of hydrogen-bond acceptors (Lipinski definition) is 4. The van der Waals surface area contributed by atoms with E-state index in [0.29, 0.717) is 0 Å². The number of benzene rings is 2. The summed E-state index contributed by atoms with van der Waals surface area (Å²) in [7, 11) is -0.874. The number of amides is 1. The maximum Gasteiger partial charge on any atom is 0.253 e. The van der Waals surface area contributed by atoms with Gasteiger partial charge in [0, 0.05) is 25.2 Å². The van der Waals surface area contributed by atoms with E-state index in [-0.39, 0.29) is 40.5 Å². The van der Waals surface area contributed by atoms with Gasteiger partial charge in [-0.1, -0.05) is 12.1 Å². The zero-order chi connectivity index (χ0) is 20.2. The molecule has 27 heavy (non-hydrogen) atoms. The van der Waals surface area contributed by atoms with Gasteiger partial charge in [0.1, 0.15) is 16.5 Å². The molecule has 2 rings (SSSR count). The Morgan fingerprint density at radius 2 is 1.81 bits per heavy atom. The van der Waals surface area contributed by atoms with Crippen LogP contribution in [-0.2, 0) is 16.6 Å². The normalized spacial score (nSPS) is 11.5. The molecular formula is C19H23FN2O4S. The molecule has 0 fully saturated rings. The molecule has 0 aliphatic carbocycles. The highest BCUT2D eigenvalue weighted by molar-refractivity contribution is 7.89. The summed E-state index contributed by atoms with van der Waals surface area (Å²) in [6, 6.07) is 9.79. The number of hydrogen-bond donors (Lipinski definition) is 1. The van der Waals surface area contributed by atoms with Gasteiger partial charge in [0.25, 0.3) is 5.91 Å². The highest BCUT2D eigenvalue weighted by Gasteiger charge is 2.23. The average molecular weight is 394 g/mol. The van der Waals surface area contributed by atoms with Crippen molar-refractivity contribution in [2.75, 3.05) is 14.2 Å². The SMILES string of the molecule is COc1ccc(C(=O)N(C)Cc2ccc(F)cc2)cc1S(=O)(=O)NC(C)C. The monoisotopic (exact) mass is 394 g/mol. The van der Waals surface area contributed by atoms with Gasteiger partial charge in [0.05, 0.1) is 7.11 Å². The van der Waals surface area contributed by atoms with Crippen molar-refractivity contribution in [2.24, 2.45) is 0 Å². The van der Waals surface area contributed by atoms with Crippen molar-refractivity contribution < 1.29 is 22.3 Å². The van der Waals surface area contributed by atoms with Gasteiger partial charge in [-0.15, -0.1) is 0 Å². The Morgan fingerprint density at radius 1 is 1.19 bits per heavy atom. The zero-order valence-electron chi connectivity index (χ0n) is 15.7. The van der Waals surface area contributed by atoms with Crippen LogP contribution in [0.4, 0.5) is 4.39 Å². The average Bonchev–Trinajstić information content (AvgIpc) is 2.61. The lowest BCUT2D eigenvalue weighted by Gasteiger charge is -2.19. The molecule has 0 aliphatic heterocycles. The van der Waals surface area contributed by atoms with Crippen molar-refractivity contribution in [2.45, 2.75) is 31.3 Å². The lowest BCUT2D eigenvalue weighted by Crippen LogP contribution is -2.31. The van der Waals surface area contributed by atoms with Gasteiger partial charge in [-0.25, -0.2) is 17.5 Å². The van der Waals surface area contributed by atoms with E-state index < -0.39 is 10.0 Å². The standard InChI is InChI=1S/C19H23FN2O4S/c1-13(2)21-27(24,25)18-11-15(7-10-17(18)26-4)19(23)22(3)12-14-5-8-16(20)9-6-14/h5-11,13,21H,12H2,1-4H3. The van der Waals surface area contributed by atoms with Crippen LogP contribution in [0.2, 0.25) is 0 Å². The van der Waals surface area contributed by atoms with Gasteiger partial charge in [0.15, 0.2) is 0 Å². The molecule has 6 nitrogen and oxygen atoms in total. The molecule has 0 unspecified atom stereocenters. The third-order valence-corrected chi connectivity index (χ3v) is 5.45. The molecule has 0 atom stereocenters. The fraction of sp³-hybridized carbons (Fsp3) is 0.316. The first kappa shape index (κ1) is 20.9. The first-order chi connectivity index (χ1) is 12.6. The molecule has 0 aromatic heterocycles. The maximum atomic E-state index is 13.0. The number of nitrogens with zero attached hydrogens (tertiary/aromatic N) is 1. The minimum atomic E-state index is -3.84. The van der Waals surface area contributed by atoms with Crippen LogP contribution in [-0.4, -0.2) is 39.4 Å². The van der Waals surface area contributed by atoms with E-state index in [1.807, 2.05) is 0 Å². The molecule has 0 spiro atoms. The van der Waals surface area contributed by atoms with Crippen molar-refractivity contribution in [1.82, 2.24) is 9.62 Å². The third kappa shape index (κ3) is 5.27. The van der Waals surface area contributed by atoms with Crippen LogP contribution in [0.5, 0.6) is 5.75 Å². The molecule has 0 radical (unpaired) electrons. The summed E-state index contributed by atoms with van der Waals surface area (Å²) < 4.78 is 45.7. The van der Waals surface area contributed by atoms with Gasteiger partial charge >= 0.3 is 0 Å². The van der Waals surface area contributed by atoms with Crippen molar-refractivity contribution in [1.29, 1.82) is 0 Å². The molecular weight excluding hydrogens is 371 g/mol. The molecule has 0 heterocycles. The Labute approximate surface area is 159 Å². The zero-order valence-corrected chi connectivity index (χ0v) is 16.5. The van der Waals surface area contributed by atoms with E-state index in [9.17, 15) is 17.6 Å². The molecule has 0 saturated heterocycles. The van der Waals surface area contributed by atoms with Crippen LogP contribution in [0.15, 0.2) is 47.4 Å². The van der Waals surface area contributed by atoms with Crippen molar-refractivity contribution in [3.05, 3.63) is 59.4 Å². The van der Waals surface area contributed by atoms with Gasteiger partial charge in [-0.05, 0) is 49.7 Å². The Morgan fingerprint density at radius 3 is 2.37 bits per heavy atom. The fourth-order valence-electron chi connectivity index (χ4n) is 2.55. The molecule has 0 saturated carbocycles. The number of nitrogens with one attached hydrogen (secondary N) is 1. The molecule has 2 aromatic carbocycles. The lowest BCUT2D eigenvalue weighted by atomic mass is 10.1. The number of carbonyl (C=O) groups is 1. The van der Waals surface area contributed by atoms with Crippen molar-refractivity contribution in [3.8, 4) is 5.75 Å². The molecule has 1 amide bonds. The Bertz CT molecular complexity index is 912. The number of methoxy groups -OCH3 is 1. The van der Waals surface area contributed by atoms with Gasteiger partial charge in [0.2, 0.25) is 10.0 Å². The minimum Gasteiger partial charge on any atom is -0.495 e. The first-order valence-electron chi connectivity index (χ1n) is 8.34. The van der Waals surface area contributed by atoms with E-state index in [0.717, 1.165) is 5.56 Å². The summed E-state index contributed by atoms with van der Waals surface area (Å²) >= 11 is 0. The Kier molecular flexibility index (Phi) is 6.56. The molecule has 0 bridgehead atoms. The second-order valence-corrected chi connectivity index (χ2v) is 8.11. The van der Waals surface area contributed by atoms with Crippen LogP contribution in [0.1, 0.15) is 29.8 Å². The summed E-state index contributed by atoms with van der Waals surface area (Å²) in [5, 5.41) is 0. The molecule has 8 heteroatoms. The number of rotatable bonds is 7. The lowest BCUT2D eigenvalue weighted by molar-refractivity contribution is 0.0785. The highest BCUT2D eigenvalue weighted by Crippen LogP contribution is 2.26. The van der Waals surface area contributed by atoms with Crippen molar-refractivity contribution in [3.63, 3.8) is 0 Å². The molecule has 146 valence electrons. The van der Waals surface area contributed by atoms with Gasteiger partial charge in [-0.2, -0.15) is 0 Å². The summed E-state index contributed by atoms with van der Waals surface area (Å²) in [5.74, 6) is -0.556. The Hall–Kier alpha value is -2.45. The van der Waals surface area contributed by atoms with Crippen LogP contribution in [0.25, 0.3) is 0 Å². The number of halogens is 1. The topological polar surface area (TPSA) is 75.7 Å². The van der Waals surface area contributed by atoms with Crippen LogP contribution < -0.4 is 9.46 Å². The summed E-state index contributed by atoms with van der Waals surface area (Å²) in [6.45, 7) is 3.67. The van der Waals surface area contributed by atoms with Crippen molar-refractivity contribution >= 4 is 15.9 Å². The third-order valence-electron chi connectivity index (χ3n) is 3.77. The van der Waals surface area contributed by atoms with Gasteiger partial charge in [-0.3, -0.25) is 4.79 Å². The first-order valence-corrected chi connectivity index (χ1v) is 9.82. The molecule has 0 aliphatic rings. The van der Waals surface area contributed by atoms with Crippen LogP contribution in [0.3, 0.4) is 0 Å². The van der Waals surface area contributed by atoms with E-state index in [4.69, 9.17) is 4.74 Å². The quantitative estimate of drug-likeness (QED) is 0.784. The summed E-state index contributed by atoms with van der Waals surface area (Å²) in [6.07, 6.45) is 0. The minimum absolute atomic E-state index is 0.0975. The van der Waals surface area contributed by atoms with Gasteiger partial charge < -0.3 is 9.64 Å². The summed E-state index contributed by atoms with van der Waals surface area (Å²) in [4.78, 5) is 14.0. The number of carbonyl (C=O) groups excluding carboxylic acids is 1. The molecule has 1 N–H and O–H groups in total. The summed E-state index contributed by atoms with van der Waals surface area (Å²) in [5.41, 5.74) is 0.972. The number of ether oxygens (including phenoxy) is 1. The maximum absolute atomic E-state index is 13.0. The Balaban J connectivity index is 2.30.